The van der Waals surface area contributed by atoms with Crippen LogP contribution in [-0.4, -0.2) is 6.04 Å². The zero-order valence-electron chi connectivity index (χ0n) is 10.9. The summed E-state index contributed by atoms with van der Waals surface area (Å²) in [6.07, 6.45) is 7.72. The molecule has 17 heavy (non-hydrogen) atoms. The molecule has 0 saturated heterocycles. The molecule has 0 radical (unpaired) electrons. The molecular weight excluding hydrogens is 206 g/mol. The molecule has 1 heteroatoms. The van der Waals surface area contributed by atoms with Crippen LogP contribution >= 0.6 is 0 Å². The summed E-state index contributed by atoms with van der Waals surface area (Å²) in [6, 6.07) is 11.1. The summed E-state index contributed by atoms with van der Waals surface area (Å²) >= 11 is 0. The highest BCUT2D eigenvalue weighted by Crippen LogP contribution is 2.30. The van der Waals surface area contributed by atoms with E-state index in [1.807, 2.05) is 0 Å². The van der Waals surface area contributed by atoms with Gasteiger partial charge in [-0.05, 0) is 43.1 Å². The molecule has 1 aromatic carbocycles. The lowest BCUT2D eigenvalue weighted by molar-refractivity contribution is 0.248. The van der Waals surface area contributed by atoms with E-state index in [9.17, 15) is 0 Å². The average molecular weight is 231 g/mol. The maximum Gasteiger partial charge on any atom is 0.00703 e. The third kappa shape index (κ3) is 3.85. The summed E-state index contributed by atoms with van der Waals surface area (Å²) in [5, 5.41) is 0. The first kappa shape index (κ1) is 12.6. The van der Waals surface area contributed by atoms with Crippen molar-refractivity contribution in [3.8, 4) is 0 Å². The quantitative estimate of drug-likeness (QED) is 0.838. The van der Waals surface area contributed by atoms with Gasteiger partial charge in [-0.2, -0.15) is 0 Å². The molecule has 0 spiro atoms. The highest BCUT2D eigenvalue weighted by molar-refractivity contribution is 5.14. The second-order valence-electron chi connectivity index (χ2n) is 5.71. The van der Waals surface area contributed by atoms with Crippen molar-refractivity contribution in [1.82, 2.24) is 0 Å². The molecule has 1 aromatic rings. The van der Waals surface area contributed by atoms with Crippen molar-refractivity contribution >= 4 is 0 Å². The smallest absolute Gasteiger partial charge is 0.00703 e. The first-order valence-electron chi connectivity index (χ1n) is 7.05. The van der Waals surface area contributed by atoms with Gasteiger partial charge in [-0.1, -0.05) is 50.1 Å². The normalized spacial score (nSPS) is 26.7. The fraction of sp³-hybridized carbons (Fsp3) is 0.625. The predicted octanol–water partition coefficient (Wildman–Crippen LogP) is 3.77. The monoisotopic (exact) mass is 231 g/mol. The molecule has 1 aliphatic rings. The van der Waals surface area contributed by atoms with Gasteiger partial charge in [0.1, 0.15) is 0 Å². The van der Waals surface area contributed by atoms with Crippen molar-refractivity contribution < 1.29 is 0 Å². The third-order valence-electron chi connectivity index (χ3n) is 4.28. The summed E-state index contributed by atoms with van der Waals surface area (Å²) < 4.78 is 0. The molecule has 0 amide bonds. The third-order valence-corrected chi connectivity index (χ3v) is 4.28. The van der Waals surface area contributed by atoms with E-state index in [0.717, 1.165) is 24.7 Å². The van der Waals surface area contributed by atoms with Crippen LogP contribution in [0.15, 0.2) is 30.3 Å². The van der Waals surface area contributed by atoms with Gasteiger partial charge in [0.2, 0.25) is 0 Å². The molecule has 2 rings (SSSR count). The Bertz CT molecular complexity index is 312. The van der Waals surface area contributed by atoms with Crippen LogP contribution in [0.3, 0.4) is 0 Å². The molecule has 2 N–H and O–H groups in total. The molecule has 1 saturated carbocycles. The van der Waals surface area contributed by atoms with Gasteiger partial charge >= 0.3 is 0 Å². The Morgan fingerprint density at radius 2 is 1.76 bits per heavy atom. The van der Waals surface area contributed by atoms with Gasteiger partial charge in [-0.15, -0.1) is 0 Å². The molecule has 0 heterocycles. The fourth-order valence-electron chi connectivity index (χ4n) is 2.93. The molecule has 1 nitrogen and oxygen atoms in total. The van der Waals surface area contributed by atoms with Crippen molar-refractivity contribution in [3.05, 3.63) is 35.9 Å². The van der Waals surface area contributed by atoms with Crippen LogP contribution in [0.25, 0.3) is 0 Å². The van der Waals surface area contributed by atoms with E-state index in [1.54, 1.807) is 0 Å². The molecule has 1 aliphatic carbocycles. The first-order chi connectivity index (χ1) is 8.25. The van der Waals surface area contributed by atoms with E-state index in [4.69, 9.17) is 5.73 Å². The SMILES string of the molecule is CC1CCC(C(N)CCc2ccccc2)CC1. The van der Waals surface area contributed by atoms with E-state index in [-0.39, 0.29) is 0 Å². The lowest BCUT2D eigenvalue weighted by Gasteiger charge is -2.30. The number of aryl methyl sites for hydroxylation is 1. The first-order valence-corrected chi connectivity index (χ1v) is 7.05. The Morgan fingerprint density at radius 3 is 2.41 bits per heavy atom. The van der Waals surface area contributed by atoms with Crippen molar-refractivity contribution in [1.29, 1.82) is 0 Å². The Kier molecular flexibility index (Phi) is 4.61. The molecule has 1 atom stereocenters. The highest BCUT2D eigenvalue weighted by Gasteiger charge is 2.23. The van der Waals surface area contributed by atoms with Crippen LogP contribution < -0.4 is 5.73 Å². The van der Waals surface area contributed by atoms with E-state index in [0.29, 0.717) is 6.04 Å². The highest BCUT2D eigenvalue weighted by atomic mass is 14.6. The Labute approximate surface area is 105 Å². The topological polar surface area (TPSA) is 26.0 Å². The summed E-state index contributed by atoms with van der Waals surface area (Å²) in [7, 11) is 0. The largest absolute Gasteiger partial charge is 0.327 e. The fourth-order valence-corrected chi connectivity index (χ4v) is 2.93. The number of rotatable bonds is 4. The van der Waals surface area contributed by atoms with Crippen LogP contribution in [-0.2, 0) is 6.42 Å². The minimum Gasteiger partial charge on any atom is -0.327 e. The van der Waals surface area contributed by atoms with Gasteiger partial charge in [-0.25, -0.2) is 0 Å². The summed E-state index contributed by atoms with van der Waals surface area (Å²) in [5.74, 6) is 1.70. The van der Waals surface area contributed by atoms with Gasteiger partial charge in [0.05, 0.1) is 0 Å². The van der Waals surface area contributed by atoms with Gasteiger partial charge in [0.15, 0.2) is 0 Å². The molecular formula is C16H25N. The molecule has 1 fully saturated rings. The second kappa shape index (κ2) is 6.20. The van der Waals surface area contributed by atoms with Crippen LogP contribution in [0.2, 0.25) is 0 Å². The molecule has 0 aliphatic heterocycles. The van der Waals surface area contributed by atoms with Crippen LogP contribution in [0.1, 0.15) is 44.6 Å². The molecule has 0 aromatic heterocycles. The van der Waals surface area contributed by atoms with Crippen molar-refractivity contribution in [2.45, 2.75) is 51.5 Å². The number of hydrogen-bond acceptors (Lipinski definition) is 1. The Hall–Kier alpha value is -0.820. The number of nitrogens with two attached hydrogens (primary N) is 1. The summed E-state index contributed by atoms with van der Waals surface area (Å²) in [6.45, 7) is 2.37. The minimum absolute atomic E-state index is 0.405. The average Bonchev–Trinajstić information content (AvgIpc) is 2.38. The van der Waals surface area contributed by atoms with Gasteiger partial charge in [0.25, 0.3) is 0 Å². The van der Waals surface area contributed by atoms with Gasteiger partial charge in [0, 0.05) is 6.04 Å². The van der Waals surface area contributed by atoms with Crippen molar-refractivity contribution in [3.63, 3.8) is 0 Å². The van der Waals surface area contributed by atoms with Crippen LogP contribution in [0.4, 0.5) is 0 Å². The lowest BCUT2D eigenvalue weighted by atomic mass is 9.78. The summed E-state index contributed by atoms with van der Waals surface area (Å²) in [4.78, 5) is 0. The van der Waals surface area contributed by atoms with Crippen LogP contribution in [0.5, 0.6) is 0 Å². The predicted molar refractivity (Wildman–Crippen MR) is 73.9 cm³/mol. The lowest BCUT2D eigenvalue weighted by Crippen LogP contribution is -2.33. The van der Waals surface area contributed by atoms with E-state index in [2.05, 4.69) is 37.3 Å². The minimum atomic E-state index is 0.405. The zero-order chi connectivity index (χ0) is 12.1. The molecule has 94 valence electrons. The van der Waals surface area contributed by atoms with Gasteiger partial charge < -0.3 is 5.73 Å². The van der Waals surface area contributed by atoms with E-state index >= 15 is 0 Å². The van der Waals surface area contributed by atoms with E-state index < -0.39 is 0 Å². The summed E-state index contributed by atoms with van der Waals surface area (Å²) in [5.41, 5.74) is 7.76. The zero-order valence-corrected chi connectivity index (χ0v) is 10.9. The number of hydrogen-bond donors (Lipinski definition) is 1. The van der Waals surface area contributed by atoms with E-state index in [1.165, 1.54) is 31.2 Å². The standard InChI is InChI=1S/C16H25N/c1-13-7-10-15(11-8-13)16(17)12-9-14-5-3-2-4-6-14/h2-6,13,15-16H,7-12,17H2,1H3. The molecule has 0 bridgehead atoms. The second-order valence-corrected chi connectivity index (χ2v) is 5.71. The Morgan fingerprint density at radius 1 is 1.12 bits per heavy atom. The molecule has 1 unspecified atom stereocenters. The van der Waals surface area contributed by atoms with Crippen molar-refractivity contribution in [2.24, 2.45) is 17.6 Å². The van der Waals surface area contributed by atoms with Crippen molar-refractivity contribution in [2.75, 3.05) is 0 Å². The van der Waals surface area contributed by atoms with Gasteiger partial charge in [-0.3, -0.25) is 0 Å². The Balaban J connectivity index is 1.75. The maximum atomic E-state index is 6.34. The maximum absolute atomic E-state index is 6.34. The van der Waals surface area contributed by atoms with Crippen LogP contribution in [0, 0.1) is 11.8 Å². The number of benzene rings is 1.